The molecule has 2 aromatic carbocycles. The number of halogens is 3. The highest BCUT2D eigenvalue weighted by Gasteiger charge is 2.28. The Balaban J connectivity index is 1.91. The average Bonchev–Trinajstić information content (AvgIpc) is 3.23. The number of carboxylic acid groups (broad SMARTS) is 1. The van der Waals surface area contributed by atoms with Crippen LogP contribution in [0.25, 0.3) is 5.69 Å². The van der Waals surface area contributed by atoms with Crippen LogP contribution in [0, 0.1) is 17.5 Å². The summed E-state index contributed by atoms with van der Waals surface area (Å²) in [6.07, 6.45) is -3.36. The minimum absolute atomic E-state index is 0.0395. The van der Waals surface area contributed by atoms with Crippen LogP contribution in [0.5, 0.6) is 5.88 Å². The number of aliphatic hydroxyl groups excluding tert-OH is 2. The largest absolute Gasteiger partial charge is 0.481 e. The summed E-state index contributed by atoms with van der Waals surface area (Å²) in [5.41, 5.74) is 0.988. The van der Waals surface area contributed by atoms with E-state index < -0.39 is 48.0 Å². The average molecular weight is 536 g/mol. The number of carbonyl (C=O) groups is 2. The molecule has 2 atom stereocenters. The Bertz CT molecular complexity index is 1280. The number of aromatic nitrogens is 2. The van der Waals surface area contributed by atoms with Crippen molar-refractivity contribution >= 4 is 11.9 Å². The van der Waals surface area contributed by atoms with E-state index >= 15 is 0 Å². The lowest BCUT2D eigenvalue weighted by Gasteiger charge is -2.17. The molecule has 1 aromatic heterocycles. The first-order chi connectivity index (χ1) is 18.0. The second kappa shape index (κ2) is 12.6. The van der Waals surface area contributed by atoms with Crippen molar-refractivity contribution in [1.82, 2.24) is 15.1 Å². The van der Waals surface area contributed by atoms with Gasteiger partial charge in [0.2, 0.25) is 5.88 Å². The van der Waals surface area contributed by atoms with Gasteiger partial charge in [0.25, 0.3) is 5.91 Å². The summed E-state index contributed by atoms with van der Waals surface area (Å²) in [5.74, 6) is -4.67. The predicted molar refractivity (Wildman–Crippen MR) is 130 cm³/mol. The van der Waals surface area contributed by atoms with Crippen LogP contribution in [-0.2, 0) is 11.3 Å². The maximum atomic E-state index is 13.6. The van der Waals surface area contributed by atoms with Crippen molar-refractivity contribution in [2.75, 3.05) is 6.61 Å². The van der Waals surface area contributed by atoms with E-state index in [2.05, 4.69) is 10.4 Å². The first-order valence-corrected chi connectivity index (χ1v) is 11.8. The molecule has 9 nitrogen and oxygen atoms in total. The van der Waals surface area contributed by atoms with Gasteiger partial charge in [0, 0.05) is 18.5 Å². The van der Waals surface area contributed by atoms with Gasteiger partial charge in [-0.05, 0) is 47.9 Å². The molecule has 38 heavy (non-hydrogen) atoms. The van der Waals surface area contributed by atoms with Crippen molar-refractivity contribution in [3.63, 3.8) is 0 Å². The standard InChI is InChI=1S/C26H28F3N3O6/c1-14(2)23-24(25(37)30-12-15-3-8-20(28)21(29)9-15)31-32(17-6-4-16(27)5-7-17)26(23)38-13-19(34)10-18(33)11-22(35)36/h3-9,14,18-19,33-34H,10-13H2,1-2H3,(H,30,37)(H,35,36)/t18-,19+/m1/s1. The fourth-order valence-corrected chi connectivity index (χ4v) is 3.76. The number of benzene rings is 2. The van der Waals surface area contributed by atoms with E-state index in [4.69, 9.17) is 9.84 Å². The van der Waals surface area contributed by atoms with Crippen molar-refractivity contribution < 1.29 is 42.8 Å². The summed E-state index contributed by atoms with van der Waals surface area (Å²) in [6.45, 7) is 3.07. The molecule has 1 heterocycles. The Labute approximate surface area is 216 Å². The van der Waals surface area contributed by atoms with Gasteiger partial charge in [-0.25, -0.2) is 17.9 Å². The Morgan fingerprint density at radius 1 is 1.03 bits per heavy atom. The van der Waals surface area contributed by atoms with E-state index in [0.717, 1.165) is 12.1 Å². The summed E-state index contributed by atoms with van der Waals surface area (Å²) in [6, 6.07) is 8.44. The number of hydrogen-bond donors (Lipinski definition) is 4. The molecule has 0 saturated carbocycles. The van der Waals surface area contributed by atoms with Crippen molar-refractivity contribution in [3.05, 3.63) is 76.7 Å². The van der Waals surface area contributed by atoms with Crippen LogP contribution in [0.2, 0.25) is 0 Å². The number of carbonyl (C=O) groups excluding carboxylic acids is 1. The zero-order valence-corrected chi connectivity index (χ0v) is 20.7. The van der Waals surface area contributed by atoms with Gasteiger partial charge in [0.05, 0.1) is 24.3 Å². The Morgan fingerprint density at radius 2 is 1.71 bits per heavy atom. The third-order valence-corrected chi connectivity index (χ3v) is 5.55. The molecule has 1 amide bonds. The number of nitrogens with zero attached hydrogens (tertiary/aromatic N) is 2. The zero-order chi connectivity index (χ0) is 28.0. The predicted octanol–water partition coefficient (Wildman–Crippen LogP) is 3.31. The van der Waals surface area contributed by atoms with Crippen LogP contribution in [-0.4, -0.2) is 55.8 Å². The molecular formula is C26H28F3N3O6. The topological polar surface area (TPSA) is 134 Å². The molecule has 0 aliphatic rings. The van der Waals surface area contributed by atoms with E-state index in [0.29, 0.717) is 16.8 Å². The fraction of sp³-hybridized carbons (Fsp3) is 0.346. The van der Waals surface area contributed by atoms with Gasteiger partial charge in [-0.2, -0.15) is 5.10 Å². The third-order valence-electron chi connectivity index (χ3n) is 5.55. The number of aliphatic hydroxyl groups is 2. The van der Waals surface area contributed by atoms with Crippen LogP contribution >= 0.6 is 0 Å². The molecule has 204 valence electrons. The number of amides is 1. The highest BCUT2D eigenvalue weighted by atomic mass is 19.2. The van der Waals surface area contributed by atoms with Crippen LogP contribution in [0.15, 0.2) is 42.5 Å². The first kappa shape index (κ1) is 28.7. The van der Waals surface area contributed by atoms with E-state index in [1.807, 2.05) is 0 Å². The van der Waals surface area contributed by atoms with Crippen molar-refractivity contribution in [1.29, 1.82) is 0 Å². The second-order valence-corrected chi connectivity index (χ2v) is 8.99. The number of aliphatic carboxylic acids is 1. The Hall–Kier alpha value is -3.90. The van der Waals surface area contributed by atoms with Crippen molar-refractivity contribution in [2.24, 2.45) is 0 Å². The number of carboxylic acids is 1. The van der Waals surface area contributed by atoms with E-state index in [1.54, 1.807) is 13.8 Å². The molecule has 12 heteroatoms. The van der Waals surface area contributed by atoms with Crippen LogP contribution in [0.3, 0.4) is 0 Å². The van der Waals surface area contributed by atoms with Gasteiger partial charge >= 0.3 is 5.97 Å². The van der Waals surface area contributed by atoms with Crippen molar-refractivity contribution in [2.45, 2.75) is 51.4 Å². The minimum atomic E-state index is -1.30. The molecule has 0 unspecified atom stereocenters. The Morgan fingerprint density at radius 3 is 2.32 bits per heavy atom. The Kier molecular flexibility index (Phi) is 9.48. The number of nitrogens with one attached hydrogen (secondary N) is 1. The van der Waals surface area contributed by atoms with Gasteiger partial charge in [0.1, 0.15) is 12.4 Å². The molecule has 3 aromatic rings. The lowest BCUT2D eigenvalue weighted by molar-refractivity contribution is -0.139. The number of rotatable bonds is 12. The van der Waals surface area contributed by atoms with Gasteiger partial charge < -0.3 is 25.4 Å². The van der Waals surface area contributed by atoms with Crippen LogP contribution in [0.1, 0.15) is 54.2 Å². The normalized spacial score (nSPS) is 12.8. The van der Waals surface area contributed by atoms with Gasteiger partial charge in [-0.15, -0.1) is 0 Å². The summed E-state index contributed by atoms with van der Waals surface area (Å²) in [4.78, 5) is 23.9. The summed E-state index contributed by atoms with van der Waals surface area (Å²) < 4.78 is 47.4. The van der Waals surface area contributed by atoms with E-state index in [1.165, 1.54) is 35.0 Å². The van der Waals surface area contributed by atoms with E-state index in [9.17, 15) is 33.0 Å². The SMILES string of the molecule is CC(C)c1c(C(=O)NCc2ccc(F)c(F)c2)nn(-c2ccc(F)cc2)c1OC[C@@H](O)C[C@@H](O)CC(=O)O. The van der Waals surface area contributed by atoms with Gasteiger partial charge in [-0.3, -0.25) is 9.59 Å². The molecule has 0 bridgehead atoms. The van der Waals surface area contributed by atoms with Gasteiger partial charge in [-0.1, -0.05) is 19.9 Å². The molecule has 0 aliphatic heterocycles. The first-order valence-electron chi connectivity index (χ1n) is 11.8. The van der Waals surface area contributed by atoms with E-state index in [-0.39, 0.29) is 37.1 Å². The molecule has 3 rings (SSSR count). The lowest BCUT2D eigenvalue weighted by Crippen LogP contribution is -2.26. The molecule has 4 N–H and O–H groups in total. The monoisotopic (exact) mass is 535 g/mol. The molecule has 0 spiro atoms. The third kappa shape index (κ3) is 7.33. The van der Waals surface area contributed by atoms with Crippen molar-refractivity contribution in [3.8, 4) is 11.6 Å². The highest BCUT2D eigenvalue weighted by Crippen LogP contribution is 2.33. The second-order valence-electron chi connectivity index (χ2n) is 8.99. The zero-order valence-electron chi connectivity index (χ0n) is 20.7. The minimum Gasteiger partial charge on any atom is -0.481 e. The summed E-state index contributed by atoms with van der Waals surface area (Å²) in [7, 11) is 0. The number of hydrogen-bond acceptors (Lipinski definition) is 6. The fourth-order valence-electron chi connectivity index (χ4n) is 3.76. The maximum absolute atomic E-state index is 13.6. The van der Waals surface area contributed by atoms with Gasteiger partial charge in [0.15, 0.2) is 17.3 Å². The smallest absolute Gasteiger partial charge is 0.305 e. The quantitative estimate of drug-likeness (QED) is 0.280. The highest BCUT2D eigenvalue weighted by molar-refractivity contribution is 5.94. The molecule has 0 saturated heterocycles. The maximum Gasteiger partial charge on any atom is 0.305 e. The number of ether oxygens (including phenoxy) is 1. The lowest BCUT2D eigenvalue weighted by atomic mass is 10.0. The van der Waals surface area contributed by atoms with Crippen LogP contribution < -0.4 is 10.1 Å². The summed E-state index contributed by atoms with van der Waals surface area (Å²) in [5, 5.41) is 35.9. The molecule has 0 radical (unpaired) electrons. The molecule has 0 fully saturated rings. The molecule has 0 aliphatic carbocycles. The van der Waals surface area contributed by atoms with Crippen LogP contribution in [0.4, 0.5) is 13.2 Å². The summed E-state index contributed by atoms with van der Waals surface area (Å²) >= 11 is 0. The molecular weight excluding hydrogens is 507 g/mol.